The highest BCUT2D eigenvalue weighted by Gasteiger charge is 2.25. The number of ether oxygens (including phenoxy) is 2. The summed E-state index contributed by atoms with van der Waals surface area (Å²) in [6.45, 7) is 7.20. The first-order valence-electron chi connectivity index (χ1n) is 8.03. The van der Waals surface area contributed by atoms with Crippen molar-refractivity contribution in [1.29, 1.82) is 0 Å². The monoisotopic (exact) mass is 330 g/mol. The van der Waals surface area contributed by atoms with Gasteiger partial charge in [-0.2, -0.15) is 0 Å². The minimum atomic E-state index is -0.293. The van der Waals surface area contributed by atoms with E-state index in [0.717, 1.165) is 28.3 Å². The van der Waals surface area contributed by atoms with Gasteiger partial charge in [0.05, 0.1) is 11.6 Å². The van der Waals surface area contributed by atoms with Crippen LogP contribution >= 0.6 is 0 Å². The van der Waals surface area contributed by atoms with E-state index in [9.17, 15) is 4.79 Å². The van der Waals surface area contributed by atoms with Gasteiger partial charge in [0.2, 0.25) is 5.91 Å². The van der Waals surface area contributed by atoms with Gasteiger partial charge >= 0.3 is 0 Å². The lowest BCUT2D eigenvalue weighted by Crippen LogP contribution is -2.30. The van der Waals surface area contributed by atoms with E-state index < -0.39 is 0 Å². The van der Waals surface area contributed by atoms with Gasteiger partial charge in [-0.15, -0.1) is 0 Å². The molecule has 1 aromatic heterocycles. The third-order valence-electron chi connectivity index (χ3n) is 4.29. The zero-order chi connectivity index (χ0) is 17.3. The number of aromatic nitrogens is 1. The Morgan fingerprint density at radius 2 is 1.96 bits per heavy atom. The second-order valence-corrected chi connectivity index (χ2v) is 6.13. The molecule has 1 aromatic carbocycles. The van der Waals surface area contributed by atoms with Gasteiger partial charge in [-0.05, 0) is 38.5 Å². The maximum atomic E-state index is 12.7. The predicted octanol–water partition coefficient (Wildman–Crippen LogP) is 2.82. The molecule has 2 aromatic rings. The number of likely N-dealkylation sites (N-methyl/N-ethyl adjacent to an activating group) is 1. The second-order valence-electron chi connectivity index (χ2n) is 6.13. The van der Waals surface area contributed by atoms with Gasteiger partial charge in [-0.1, -0.05) is 11.2 Å². The minimum absolute atomic E-state index is 0.0271. The van der Waals surface area contributed by atoms with Crippen molar-refractivity contribution < 1.29 is 18.8 Å². The topological polar surface area (TPSA) is 64.8 Å². The maximum Gasteiger partial charge on any atom is 0.230 e. The maximum absolute atomic E-state index is 12.7. The van der Waals surface area contributed by atoms with E-state index in [1.54, 1.807) is 11.9 Å². The Morgan fingerprint density at radius 3 is 2.62 bits per heavy atom. The Balaban J connectivity index is 1.72. The lowest BCUT2D eigenvalue weighted by Gasteiger charge is -2.23. The Morgan fingerprint density at radius 1 is 1.25 bits per heavy atom. The molecule has 0 N–H and O–H groups in total. The summed E-state index contributed by atoms with van der Waals surface area (Å²) < 4.78 is 16.3. The van der Waals surface area contributed by atoms with Gasteiger partial charge in [0.1, 0.15) is 19.0 Å². The molecule has 6 nitrogen and oxygen atoms in total. The highest BCUT2D eigenvalue weighted by molar-refractivity contribution is 5.83. The molecule has 0 bridgehead atoms. The van der Waals surface area contributed by atoms with E-state index in [1.807, 2.05) is 39.0 Å². The van der Waals surface area contributed by atoms with E-state index in [-0.39, 0.29) is 11.8 Å². The number of carbonyl (C=O) groups excluding carboxylic acids is 1. The second kappa shape index (κ2) is 6.55. The highest BCUT2D eigenvalue weighted by Crippen LogP contribution is 2.31. The van der Waals surface area contributed by atoms with Gasteiger partial charge in [-0.25, -0.2) is 0 Å². The molecule has 2 heterocycles. The van der Waals surface area contributed by atoms with Crippen LogP contribution in [0.15, 0.2) is 22.7 Å². The fraction of sp³-hybridized carbons (Fsp3) is 0.444. The summed E-state index contributed by atoms with van der Waals surface area (Å²) in [5.74, 6) is 1.92. The molecule has 24 heavy (non-hydrogen) atoms. The van der Waals surface area contributed by atoms with Gasteiger partial charge in [0.15, 0.2) is 11.5 Å². The van der Waals surface area contributed by atoms with Crippen LogP contribution in [0.1, 0.15) is 35.4 Å². The molecule has 1 aliphatic rings. The molecule has 0 saturated carbocycles. The van der Waals surface area contributed by atoms with Crippen molar-refractivity contribution in [2.75, 3.05) is 20.3 Å². The summed E-state index contributed by atoms with van der Waals surface area (Å²) >= 11 is 0. The number of carbonyl (C=O) groups is 1. The van der Waals surface area contributed by atoms with Gasteiger partial charge in [0.25, 0.3) is 0 Å². The molecular formula is C18H22N2O4. The van der Waals surface area contributed by atoms with Crippen molar-refractivity contribution in [2.24, 2.45) is 0 Å². The lowest BCUT2D eigenvalue weighted by molar-refractivity contribution is -0.131. The molecule has 0 fully saturated rings. The first kappa shape index (κ1) is 16.4. The van der Waals surface area contributed by atoms with Gasteiger partial charge in [-0.3, -0.25) is 4.79 Å². The Hall–Kier alpha value is -2.50. The number of amides is 1. The highest BCUT2D eigenvalue weighted by atomic mass is 16.6. The van der Waals surface area contributed by atoms with Crippen LogP contribution in [0.2, 0.25) is 0 Å². The van der Waals surface area contributed by atoms with Crippen molar-refractivity contribution in [3.05, 3.63) is 40.8 Å². The lowest BCUT2D eigenvalue weighted by atomic mass is 9.98. The van der Waals surface area contributed by atoms with Gasteiger partial charge < -0.3 is 18.9 Å². The molecule has 0 radical (unpaired) electrons. The van der Waals surface area contributed by atoms with Crippen LogP contribution in [0.5, 0.6) is 11.5 Å². The van der Waals surface area contributed by atoms with Crippen molar-refractivity contribution in [2.45, 2.75) is 33.2 Å². The molecule has 1 amide bonds. The number of hydrogen-bond acceptors (Lipinski definition) is 5. The van der Waals surface area contributed by atoms with E-state index >= 15 is 0 Å². The molecule has 128 valence electrons. The molecule has 1 atom stereocenters. The summed E-state index contributed by atoms with van der Waals surface area (Å²) in [5, 5.41) is 3.93. The average molecular weight is 330 g/mol. The fourth-order valence-corrected chi connectivity index (χ4v) is 3.10. The zero-order valence-electron chi connectivity index (χ0n) is 14.5. The summed E-state index contributed by atoms with van der Waals surface area (Å²) in [6.07, 6.45) is 0. The van der Waals surface area contributed by atoms with Gasteiger partial charge in [0, 0.05) is 19.2 Å². The number of benzene rings is 1. The first-order chi connectivity index (χ1) is 11.5. The Bertz CT molecular complexity index is 734. The van der Waals surface area contributed by atoms with Crippen molar-refractivity contribution in [3.8, 4) is 11.5 Å². The molecule has 0 unspecified atom stereocenters. The molecule has 0 saturated heterocycles. The molecule has 1 aliphatic heterocycles. The van der Waals surface area contributed by atoms with Crippen LogP contribution in [0.4, 0.5) is 0 Å². The summed E-state index contributed by atoms with van der Waals surface area (Å²) in [4.78, 5) is 14.4. The number of fused-ring (bicyclic) bond motifs is 1. The predicted molar refractivity (Wildman–Crippen MR) is 88.3 cm³/mol. The molecule has 0 aliphatic carbocycles. The van der Waals surface area contributed by atoms with Crippen LogP contribution in [-0.4, -0.2) is 36.2 Å². The summed E-state index contributed by atoms with van der Waals surface area (Å²) in [6, 6.07) is 5.77. The number of aryl methyl sites for hydroxylation is 2. The van der Waals surface area contributed by atoms with E-state index in [2.05, 4.69) is 5.16 Å². The zero-order valence-corrected chi connectivity index (χ0v) is 14.5. The summed E-state index contributed by atoms with van der Waals surface area (Å²) in [7, 11) is 1.80. The summed E-state index contributed by atoms with van der Waals surface area (Å²) in [5.41, 5.74) is 2.64. The number of nitrogens with zero attached hydrogens (tertiary/aromatic N) is 2. The van der Waals surface area contributed by atoms with E-state index in [4.69, 9.17) is 14.0 Å². The largest absolute Gasteiger partial charge is 0.486 e. The molecule has 3 rings (SSSR count). The minimum Gasteiger partial charge on any atom is -0.486 e. The van der Waals surface area contributed by atoms with E-state index in [0.29, 0.717) is 25.5 Å². The van der Waals surface area contributed by atoms with Crippen LogP contribution in [0.25, 0.3) is 0 Å². The quantitative estimate of drug-likeness (QED) is 0.862. The molecule has 0 spiro atoms. The normalized spacial score (nSPS) is 14.3. The smallest absolute Gasteiger partial charge is 0.230 e. The number of rotatable bonds is 4. The van der Waals surface area contributed by atoms with Crippen LogP contribution in [-0.2, 0) is 11.3 Å². The standard InChI is InChI=1S/C18H22N2O4/c1-11(17-12(2)19-24-13(17)3)18(21)20(4)10-14-5-6-15-16(9-14)23-8-7-22-15/h5-6,9,11H,7-8,10H2,1-4H3/t11-/m0/s1. The van der Waals surface area contributed by atoms with Crippen molar-refractivity contribution in [1.82, 2.24) is 10.1 Å². The third kappa shape index (κ3) is 3.09. The van der Waals surface area contributed by atoms with Crippen LogP contribution in [0.3, 0.4) is 0 Å². The Labute approximate surface area is 141 Å². The SMILES string of the molecule is Cc1noc(C)c1[C@H](C)C(=O)N(C)Cc1ccc2c(c1)OCCO2. The number of hydrogen-bond donors (Lipinski definition) is 0. The van der Waals surface area contributed by atoms with Crippen LogP contribution in [0, 0.1) is 13.8 Å². The fourth-order valence-electron chi connectivity index (χ4n) is 3.10. The van der Waals surface area contributed by atoms with E-state index in [1.165, 1.54) is 0 Å². The van der Waals surface area contributed by atoms with Crippen molar-refractivity contribution in [3.63, 3.8) is 0 Å². The van der Waals surface area contributed by atoms with Crippen molar-refractivity contribution >= 4 is 5.91 Å². The van der Waals surface area contributed by atoms with Crippen LogP contribution < -0.4 is 9.47 Å². The third-order valence-corrected chi connectivity index (χ3v) is 4.29. The Kier molecular flexibility index (Phi) is 4.46. The average Bonchev–Trinajstić information content (AvgIpc) is 2.92. The molecular weight excluding hydrogens is 308 g/mol. The molecule has 6 heteroatoms. The first-order valence-corrected chi connectivity index (χ1v) is 8.03.